The maximum absolute atomic E-state index is 12.9. The van der Waals surface area contributed by atoms with E-state index < -0.39 is 23.9 Å². The molecule has 0 aliphatic carbocycles. The highest BCUT2D eigenvalue weighted by atomic mass is 19.3. The van der Waals surface area contributed by atoms with Crippen LogP contribution in [-0.4, -0.2) is 30.1 Å². The first-order valence-corrected chi connectivity index (χ1v) is 4.46. The topological polar surface area (TPSA) is 50.2 Å². The molecule has 14 heavy (non-hydrogen) atoms. The Morgan fingerprint density at radius 2 is 2.14 bits per heavy atom. The van der Waals surface area contributed by atoms with Crippen LogP contribution < -0.4 is 0 Å². The Hall–Kier alpha value is -0.840. The third-order valence-electron chi connectivity index (χ3n) is 2.45. The van der Waals surface area contributed by atoms with Gasteiger partial charge < -0.3 is 10.1 Å². The predicted octanol–water partition coefficient (Wildman–Crippen LogP) is 1.80. The number of carbonyl (C=O) groups excluding carboxylic acids is 1. The minimum absolute atomic E-state index is 0.239. The summed E-state index contributed by atoms with van der Waals surface area (Å²) in [6, 6.07) is 0. The van der Waals surface area contributed by atoms with Crippen LogP contribution in [0.25, 0.3) is 0 Å². The van der Waals surface area contributed by atoms with Gasteiger partial charge in [0.05, 0.1) is 6.21 Å². The summed E-state index contributed by atoms with van der Waals surface area (Å²) in [6.07, 6.45) is 0.858. The Morgan fingerprint density at radius 1 is 1.50 bits per heavy atom. The SMILES string of the molecule is C[C@]1(C(=O)C=N)CCCC(F)(F)CO1. The molecule has 0 bridgehead atoms. The molecule has 1 aliphatic rings. The summed E-state index contributed by atoms with van der Waals surface area (Å²) in [5.74, 6) is -3.39. The zero-order chi connectivity index (χ0) is 10.8. The Bertz CT molecular complexity index is 255. The molecule has 0 unspecified atom stereocenters. The largest absolute Gasteiger partial charge is 0.361 e. The normalized spacial score (nSPS) is 31.9. The van der Waals surface area contributed by atoms with Gasteiger partial charge in [-0.05, 0) is 19.8 Å². The van der Waals surface area contributed by atoms with Crippen molar-refractivity contribution in [2.45, 2.75) is 37.7 Å². The van der Waals surface area contributed by atoms with E-state index in [9.17, 15) is 13.6 Å². The van der Waals surface area contributed by atoms with Crippen LogP contribution in [0, 0.1) is 5.41 Å². The number of halogens is 2. The highest BCUT2D eigenvalue weighted by Gasteiger charge is 2.41. The zero-order valence-electron chi connectivity index (χ0n) is 7.98. The van der Waals surface area contributed by atoms with Crippen molar-refractivity contribution in [1.29, 1.82) is 5.41 Å². The summed E-state index contributed by atoms with van der Waals surface area (Å²) >= 11 is 0. The van der Waals surface area contributed by atoms with Crippen LogP contribution in [0.2, 0.25) is 0 Å². The molecular weight excluding hydrogens is 192 g/mol. The van der Waals surface area contributed by atoms with Gasteiger partial charge in [-0.15, -0.1) is 0 Å². The first-order chi connectivity index (χ1) is 6.40. The molecule has 1 fully saturated rings. The molecule has 1 saturated heterocycles. The quantitative estimate of drug-likeness (QED) is 0.699. The van der Waals surface area contributed by atoms with Crippen molar-refractivity contribution < 1.29 is 18.3 Å². The van der Waals surface area contributed by atoms with Gasteiger partial charge in [-0.25, -0.2) is 8.78 Å². The molecule has 3 nitrogen and oxygen atoms in total. The van der Waals surface area contributed by atoms with Crippen molar-refractivity contribution in [3.63, 3.8) is 0 Å². The lowest BCUT2D eigenvalue weighted by Gasteiger charge is -2.24. The second-order valence-corrected chi connectivity index (χ2v) is 3.74. The average Bonchev–Trinajstić information content (AvgIpc) is 2.26. The Labute approximate surface area is 80.9 Å². The third-order valence-corrected chi connectivity index (χ3v) is 2.45. The molecular formula is C9H13F2NO2. The lowest BCUT2D eigenvalue weighted by atomic mass is 9.95. The maximum atomic E-state index is 12.9. The first kappa shape index (κ1) is 11.2. The number of rotatable bonds is 2. The Morgan fingerprint density at radius 3 is 2.71 bits per heavy atom. The van der Waals surface area contributed by atoms with Crippen molar-refractivity contribution in [2.75, 3.05) is 6.61 Å². The van der Waals surface area contributed by atoms with Crippen LogP contribution >= 0.6 is 0 Å². The number of ketones is 1. The van der Waals surface area contributed by atoms with E-state index in [0.29, 0.717) is 6.21 Å². The van der Waals surface area contributed by atoms with E-state index in [-0.39, 0.29) is 19.3 Å². The molecule has 0 saturated carbocycles. The van der Waals surface area contributed by atoms with Crippen molar-refractivity contribution in [3.8, 4) is 0 Å². The van der Waals surface area contributed by atoms with Gasteiger partial charge >= 0.3 is 0 Å². The average molecular weight is 205 g/mol. The Balaban J connectivity index is 2.74. The van der Waals surface area contributed by atoms with Crippen molar-refractivity contribution >= 4 is 12.0 Å². The van der Waals surface area contributed by atoms with Crippen LogP contribution in [0.3, 0.4) is 0 Å². The molecule has 0 aromatic heterocycles. The van der Waals surface area contributed by atoms with Crippen LogP contribution in [0.4, 0.5) is 8.78 Å². The second-order valence-electron chi connectivity index (χ2n) is 3.74. The van der Waals surface area contributed by atoms with Crippen LogP contribution in [0.15, 0.2) is 0 Å². The molecule has 1 aliphatic heterocycles. The summed E-state index contributed by atoms with van der Waals surface area (Å²) in [5, 5.41) is 6.80. The summed E-state index contributed by atoms with van der Waals surface area (Å²) in [7, 11) is 0. The fourth-order valence-electron chi connectivity index (χ4n) is 1.44. The standard InChI is InChI=1S/C9H13F2NO2/c1-8(7(13)5-12)3-2-4-9(10,11)6-14-8/h5,12H,2-4,6H2,1H3/t8-/m1/s1. The molecule has 0 spiro atoms. The molecule has 1 atom stereocenters. The van der Waals surface area contributed by atoms with Gasteiger partial charge in [0.15, 0.2) is 0 Å². The summed E-state index contributed by atoms with van der Waals surface area (Å²) in [6.45, 7) is 0.727. The minimum atomic E-state index is -2.85. The molecule has 1 heterocycles. The Kier molecular flexibility index (Phi) is 2.99. The molecule has 0 aromatic carbocycles. The molecule has 0 aromatic rings. The molecule has 80 valence electrons. The maximum Gasteiger partial charge on any atom is 0.271 e. The van der Waals surface area contributed by atoms with Crippen molar-refractivity contribution in [3.05, 3.63) is 0 Å². The number of hydrogen-bond acceptors (Lipinski definition) is 3. The van der Waals surface area contributed by atoms with E-state index >= 15 is 0 Å². The van der Waals surface area contributed by atoms with Gasteiger partial charge in [0.2, 0.25) is 5.78 Å². The monoisotopic (exact) mass is 205 g/mol. The number of hydrogen-bond donors (Lipinski definition) is 1. The number of carbonyl (C=O) groups is 1. The highest BCUT2D eigenvalue weighted by Crippen LogP contribution is 2.32. The van der Waals surface area contributed by atoms with Crippen molar-refractivity contribution in [2.24, 2.45) is 0 Å². The summed E-state index contributed by atoms with van der Waals surface area (Å²) in [5.41, 5.74) is -1.23. The minimum Gasteiger partial charge on any atom is -0.361 e. The third kappa shape index (κ3) is 2.35. The van der Waals surface area contributed by atoms with Gasteiger partial charge in [-0.1, -0.05) is 0 Å². The molecule has 5 heteroatoms. The van der Waals surface area contributed by atoms with Crippen LogP contribution in [0.5, 0.6) is 0 Å². The molecule has 0 radical (unpaired) electrons. The number of nitrogens with one attached hydrogen (secondary N) is 1. The van der Waals surface area contributed by atoms with Gasteiger partial charge in [-0.2, -0.15) is 0 Å². The lowest BCUT2D eigenvalue weighted by Crippen LogP contribution is -2.40. The van der Waals surface area contributed by atoms with Gasteiger partial charge in [0.25, 0.3) is 5.92 Å². The number of ether oxygens (including phenoxy) is 1. The van der Waals surface area contributed by atoms with E-state index in [4.69, 9.17) is 10.1 Å². The van der Waals surface area contributed by atoms with Gasteiger partial charge in [-0.3, -0.25) is 4.79 Å². The highest BCUT2D eigenvalue weighted by molar-refractivity contribution is 6.29. The number of alkyl halides is 2. The van der Waals surface area contributed by atoms with Crippen LogP contribution in [0.1, 0.15) is 26.2 Å². The predicted molar refractivity (Wildman–Crippen MR) is 46.9 cm³/mol. The fraction of sp³-hybridized carbons (Fsp3) is 0.778. The van der Waals surface area contributed by atoms with Gasteiger partial charge in [0, 0.05) is 6.42 Å². The molecule has 0 amide bonds. The van der Waals surface area contributed by atoms with E-state index in [1.54, 1.807) is 0 Å². The van der Waals surface area contributed by atoms with Crippen LogP contribution in [-0.2, 0) is 9.53 Å². The summed E-state index contributed by atoms with van der Waals surface area (Å²) < 4.78 is 30.7. The lowest BCUT2D eigenvalue weighted by molar-refractivity contribution is -0.147. The first-order valence-electron chi connectivity index (χ1n) is 4.46. The summed E-state index contributed by atoms with van der Waals surface area (Å²) in [4.78, 5) is 11.2. The molecule has 1 N–H and O–H groups in total. The van der Waals surface area contributed by atoms with Gasteiger partial charge in [0.1, 0.15) is 12.2 Å². The van der Waals surface area contributed by atoms with E-state index in [2.05, 4.69) is 0 Å². The zero-order valence-corrected chi connectivity index (χ0v) is 7.98. The van der Waals surface area contributed by atoms with E-state index in [0.717, 1.165) is 0 Å². The molecule has 1 rings (SSSR count). The fourth-order valence-corrected chi connectivity index (χ4v) is 1.44. The van der Waals surface area contributed by atoms with Crippen molar-refractivity contribution in [1.82, 2.24) is 0 Å². The van der Waals surface area contributed by atoms with E-state index in [1.807, 2.05) is 0 Å². The smallest absolute Gasteiger partial charge is 0.271 e. The van der Waals surface area contributed by atoms with E-state index in [1.165, 1.54) is 6.92 Å². The second kappa shape index (κ2) is 3.73. The number of Topliss-reactive ketones (excluding diaryl/α,β-unsaturated/α-hetero) is 1.